The molecule has 0 aliphatic carbocycles. The smallest absolute Gasteiger partial charge is 0.283 e. The molecule has 6 heteroatoms. The number of nitro benzene ring substituents is 1. The van der Waals surface area contributed by atoms with Crippen LogP contribution >= 0.6 is 11.8 Å². The van der Waals surface area contributed by atoms with Crippen molar-refractivity contribution in [1.29, 1.82) is 0 Å². The molecule has 0 bridgehead atoms. The highest BCUT2D eigenvalue weighted by Crippen LogP contribution is 2.35. The third-order valence-electron chi connectivity index (χ3n) is 2.86. The number of benzene rings is 2. The Balaban J connectivity index is 2.22. The topological polar surface area (TPSA) is 55.2 Å². The lowest BCUT2D eigenvalue weighted by molar-refractivity contribution is -0.387. The number of nitrogens with zero attached hydrogens (tertiary/aromatic N) is 1. The monoisotopic (exact) mass is 306 g/mol. The number of para-hydroxylation sites is 1. The number of halogens is 1. The van der Waals surface area contributed by atoms with E-state index < -0.39 is 4.92 Å². The molecule has 1 N–H and O–H groups in total. The second kappa shape index (κ2) is 7.19. The molecule has 21 heavy (non-hydrogen) atoms. The minimum Gasteiger partial charge on any atom is -0.313 e. The Morgan fingerprint density at radius 1 is 1.24 bits per heavy atom. The number of nitrogens with one attached hydrogen (secondary N) is 1. The summed E-state index contributed by atoms with van der Waals surface area (Å²) < 4.78 is 14.1. The molecule has 0 unspecified atom stereocenters. The van der Waals surface area contributed by atoms with E-state index in [2.05, 4.69) is 5.32 Å². The molecule has 0 fully saturated rings. The lowest BCUT2D eigenvalue weighted by atomic mass is 10.2. The molecule has 0 radical (unpaired) electrons. The fourth-order valence-corrected chi connectivity index (χ4v) is 2.74. The van der Waals surface area contributed by atoms with Crippen molar-refractivity contribution in [3.05, 3.63) is 64.0 Å². The van der Waals surface area contributed by atoms with Gasteiger partial charge in [0.2, 0.25) is 0 Å². The molecule has 0 aliphatic rings. The van der Waals surface area contributed by atoms with Gasteiger partial charge in [-0.3, -0.25) is 10.1 Å². The van der Waals surface area contributed by atoms with Gasteiger partial charge < -0.3 is 5.32 Å². The van der Waals surface area contributed by atoms with Gasteiger partial charge in [0.1, 0.15) is 5.82 Å². The first-order valence-corrected chi connectivity index (χ1v) is 7.34. The fraction of sp³-hybridized carbons (Fsp3) is 0.200. The average Bonchev–Trinajstić information content (AvgIpc) is 2.48. The van der Waals surface area contributed by atoms with Crippen molar-refractivity contribution in [3.63, 3.8) is 0 Å². The molecule has 0 amide bonds. The molecule has 110 valence electrons. The van der Waals surface area contributed by atoms with Crippen molar-refractivity contribution >= 4 is 17.4 Å². The summed E-state index contributed by atoms with van der Waals surface area (Å²) in [5.41, 5.74) is 0.833. The lowest BCUT2D eigenvalue weighted by Gasteiger charge is -2.07. The molecule has 0 aliphatic heterocycles. The third-order valence-corrected chi connectivity index (χ3v) is 3.97. The van der Waals surface area contributed by atoms with Crippen molar-refractivity contribution in [2.24, 2.45) is 0 Å². The molecule has 2 aromatic carbocycles. The maximum Gasteiger partial charge on any atom is 0.283 e. The van der Waals surface area contributed by atoms with Gasteiger partial charge in [-0.05, 0) is 30.3 Å². The molecule has 0 atom stereocenters. The second-order valence-electron chi connectivity index (χ2n) is 4.37. The van der Waals surface area contributed by atoms with Crippen LogP contribution in [0.1, 0.15) is 12.5 Å². The molecule has 4 nitrogen and oxygen atoms in total. The number of rotatable bonds is 6. The highest BCUT2D eigenvalue weighted by atomic mass is 32.2. The normalized spacial score (nSPS) is 10.6. The number of hydrogen-bond donors (Lipinski definition) is 1. The molecule has 0 saturated carbocycles. The van der Waals surface area contributed by atoms with Crippen molar-refractivity contribution in [2.75, 3.05) is 6.54 Å². The van der Waals surface area contributed by atoms with Crippen LogP contribution in [-0.2, 0) is 6.54 Å². The van der Waals surface area contributed by atoms with E-state index in [0.717, 1.165) is 23.9 Å². The first-order chi connectivity index (χ1) is 10.1. The van der Waals surface area contributed by atoms with E-state index in [1.807, 2.05) is 13.0 Å². The van der Waals surface area contributed by atoms with Crippen LogP contribution in [0.25, 0.3) is 0 Å². The first-order valence-electron chi connectivity index (χ1n) is 6.52. The molecule has 0 spiro atoms. The highest BCUT2D eigenvalue weighted by molar-refractivity contribution is 7.99. The Morgan fingerprint density at radius 2 is 2.00 bits per heavy atom. The van der Waals surface area contributed by atoms with E-state index in [0.29, 0.717) is 16.3 Å². The molecule has 2 aromatic rings. The maximum absolute atomic E-state index is 14.1. The summed E-state index contributed by atoms with van der Waals surface area (Å²) in [5.74, 6) is -0.367. The Kier molecular flexibility index (Phi) is 5.30. The molecule has 0 aromatic heterocycles. The largest absolute Gasteiger partial charge is 0.313 e. The summed E-state index contributed by atoms with van der Waals surface area (Å²) in [5, 5.41) is 14.1. The van der Waals surface area contributed by atoms with Crippen molar-refractivity contribution in [1.82, 2.24) is 5.32 Å². The van der Waals surface area contributed by atoms with Crippen molar-refractivity contribution < 1.29 is 9.31 Å². The van der Waals surface area contributed by atoms with Gasteiger partial charge in [0, 0.05) is 17.5 Å². The Labute approximate surface area is 126 Å². The minimum absolute atomic E-state index is 0.0152. The van der Waals surface area contributed by atoms with Crippen molar-refractivity contribution in [3.8, 4) is 0 Å². The lowest BCUT2D eigenvalue weighted by Crippen LogP contribution is -2.11. The Hall–Kier alpha value is -1.92. The van der Waals surface area contributed by atoms with Gasteiger partial charge in [-0.2, -0.15) is 0 Å². The van der Waals surface area contributed by atoms with Gasteiger partial charge in [0.25, 0.3) is 5.69 Å². The van der Waals surface area contributed by atoms with Crippen molar-refractivity contribution in [2.45, 2.75) is 23.3 Å². The van der Waals surface area contributed by atoms with Crippen LogP contribution in [0.3, 0.4) is 0 Å². The van der Waals surface area contributed by atoms with Crippen LogP contribution in [0.4, 0.5) is 10.1 Å². The van der Waals surface area contributed by atoms with Gasteiger partial charge in [-0.1, -0.05) is 36.9 Å². The number of nitro groups is 1. The maximum atomic E-state index is 14.1. The first kappa shape index (κ1) is 15.5. The zero-order valence-electron chi connectivity index (χ0n) is 11.5. The zero-order valence-corrected chi connectivity index (χ0v) is 12.3. The van der Waals surface area contributed by atoms with Gasteiger partial charge in [-0.15, -0.1) is 0 Å². The second-order valence-corrected chi connectivity index (χ2v) is 5.46. The zero-order chi connectivity index (χ0) is 15.2. The highest BCUT2D eigenvalue weighted by Gasteiger charge is 2.15. The summed E-state index contributed by atoms with van der Waals surface area (Å²) in [6.45, 7) is 3.40. The summed E-state index contributed by atoms with van der Waals surface area (Å²) >= 11 is 1.06. The van der Waals surface area contributed by atoms with Crippen LogP contribution in [0.15, 0.2) is 52.3 Å². The molecule has 2 rings (SSSR count). The van der Waals surface area contributed by atoms with E-state index in [4.69, 9.17) is 0 Å². The Morgan fingerprint density at radius 3 is 2.67 bits per heavy atom. The summed E-state index contributed by atoms with van der Waals surface area (Å²) in [4.78, 5) is 11.3. The molecular weight excluding hydrogens is 291 g/mol. The quantitative estimate of drug-likeness (QED) is 0.647. The Bertz CT molecular complexity index is 649. The van der Waals surface area contributed by atoms with Crippen LogP contribution in [0.2, 0.25) is 0 Å². The summed E-state index contributed by atoms with van der Waals surface area (Å²) in [6, 6.07) is 11.3. The van der Waals surface area contributed by atoms with E-state index in [1.165, 1.54) is 12.1 Å². The summed E-state index contributed by atoms with van der Waals surface area (Å²) in [6.07, 6.45) is 0. The van der Waals surface area contributed by atoms with E-state index in [9.17, 15) is 14.5 Å². The molecule has 0 saturated heterocycles. The SMILES string of the molecule is CCNCc1ccc(Sc2ccccc2[N+](=O)[O-])c(F)c1. The van der Waals surface area contributed by atoms with Crippen LogP contribution in [-0.4, -0.2) is 11.5 Å². The van der Waals surface area contributed by atoms with Crippen LogP contribution in [0, 0.1) is 15.9 Å². The third kappa shape index (κ3) is 4.03. The van der Waals surface area contributed by atoms with E-state index >= 15 is 0 Å². The fourth-order valence-electron chi connectivity index (χ4n) is 1.82. The minimum atomic E-state index is -0.459. The van der Waals surface area contributed by atoms with Gasteiger partial charge in [0.05, 0.1) is 9.82 Å². The van der Waals surface area contributed by atoms with Crippen LogP contribution in [0.5, 0.6) is 0 Å². The standard InChI is InChI=1S/C15H15FN2O2S/c1-2-17-10-11-7-8-14(12(16)9-11)21-15-6-4-3-5-13(15)18(19)20/h3-9,17H,2,10H2,1H3. The van der Waals surface area contributed by atoms with E-state index in [-0.39, 0.29) is 11.5 Å². The molecule has 0 heterocycles. The van der Waals surface area contributed by atoms with Gasteiger partial charge >= 0.3 is 0 Å². The van der Waals surface area contributed by atoms with Gasteiger partial charge in [0.15, 0.2) is 0 Å². The summed E-state index contributed by atoms with van der Waals surface area (Å²) in [7, 11) is 0. The average molecular weight is 306 g/mol. The number of hydrogen-bond acceptors (Lipinski definition) is 4. The van der Waals surface area contributed by atoms with E-state index in [1.54, 1.807) is 24.3 Å². The van der Waals surface area contributed by atoms with Crippen LogP contribution < -0.4 is 5.32 Å². The predicted octanol–water partition coefficient (Wildman–Crippen LogP) is 3.99. The predicted molar refractivity (Wildman–Crippen MR) is 81.0 cm³/mol. The van der Waals surface area contributed by atoms with Gasteiger partial charge in [-0.25, -0.2) is 4.39 Å². The molecular formula is C15H15FN2O2S.